The number of nitrogens with zero attached hydrogens (tertiary/aromatic N) is 2. The molecule has 4 heteroatoms. The van der Waals surface area contributed by atoms with Gasteiger partial charge in [0.2, 0.25) is 0 Å². The van der Waals surface area contributed by atoms with Gasteiger partial charge in [0, 0.05) is 44.9 Å². The van der Waals surface area contributed by atoms with Crippen LogP contribution >= 0.6 is 0 Å². The molecule has 0 radical (unpaired) electrons. The minimum Gasteiger partial charge on any atom is -0.392 e. The van der Waals surface area contributed by atoms with Crippen molar-refractivity contribution in [1.82, 2.24) is 9.80 Å². The quantitative estimate of drug-likeness (QED) is 0.746. The Morgan fingerprint density at radius 2 is 2.18 bits per heavy atom. The molecule has 0 aromatic heterocycles. The molecule has 1 N–H and O–H groups in total. The molecule has 3 fully saturated rings. The number of piperazine rings is 1. The lowest BCUT2D eigenvalue weighted by Crippen LogP contribution is -2.55. The molecule has 3 aliphatic rings. The molecule has 0 amide bonds. The molecule has 3 saturated heterocycles. The van der Waals surface area contributed by atoms with Gasteiger partial charge in [0.15, 0.2) is 0 Å². The van der Waals surface area contributed by atoms with Gasteiger partial charge in [0.1, 0.15) is 0 Å². The monoisotopic (exact) mass is 240 g/mol. The number of fused-ring (bicyclic) bond motifs is 1. The van der Waals surface area contributed by atoms with E-state index >= 15 is 0 Å². The summed E-state index contributed by atoms with van der Waals surface area (Å²) in [6.07, 6.45) is 2.09. The third-order valence-corrected chi connectivity index (χ3v) is 4.59. The lowest BCUT2D eigenvalue weighted by atomic mass is 10.0. The van der Waals surface area contributed by atoms with E-state index in [0.717, 1.165) is 45.2 Å². The second kappa shape index (κ2) is 4.84. The van der Waals surface area contributed by atoms with Gasteiger partial charge in [-0.1, -0.05) is 0 Å². The lowest BCUT2D eigenvalue weighted by molar-refractivity contribution is 0.0452. The average Bonchev–Trinajstić information content (AvgIpc) is 2.87. The van der Waals surface area contributed by atoms with Gasteiger partial charge in [0.05, 0.1) is 12.7 Å². The summed E-state index contributed by atoms with van der Waals surface area (Å²) in [5.41, 5.74) is 0. The Morgan fingerprint density at radius 1 is 1.29 bits per heavy atom. The van der Waals surface area contributed by atoms with Crippen molar-refractivity contribution in [3.8, 4) is 0 Å². The average molecular weight is 240 g/mol. The molecule has 17 heavy (non-hydrogen) atoms. The van der Waals surface area contributed by atoms with Crippen molar-refractivity contribution in [3.05, 3.63) is 0 Å². The van der Waals surface area contributed by atoms with Crippen molar-refractivity contribution in [2.45, 2.75) is 38.0 Å². The Hall–Kier alpha value is -0.160. The largest absolute Gasteiger partial charge is 0.392 e. The number of hydrogen-bond acceptors (Lipinski definition) is 4. The van der Waals surface area contributed by atoms with E-state index in [0.29, 0.717) is 12.1 Å². The summed E-state index contributed by atoms with van der Waals surface area (Å²) in [6, 6.07) is 1.21. The van der Waals surface area contributed by atoms with E-state index in [1.165, 1.54) is 13.0 Å². The Morgan fingerprint density at radius 3 is 2.94 bits per heavy atom. The molecule has 0 unspecified atom stereocenters. The zero-order chi connectivity index (χ0) is 11.8. The number of ether oxygens (including phenoxy) is 1. The van der Waals surface area contributed by atoms with Gasteiger partial charge >= 0.3 is 0 Å². The van der Waals surface area contributed by atoms with Gasteiger partial charge in [0.25, 0.3) is 0 Å². The first-order chi connectivity index (χ1) is 8.22. The second-order valence-electron chi connectivity index (χ2n) is 6.03. The highest BCUT2D eigenvalue weighted by Gasteiger charge is 2.38. The van der Waals surface area contributed by atoms with E-state index in [4.69, 9.17) is 4.74 Å². The second-order valence-corrected chi connectivity index (χ2v) is 6.03. The van der Waals surface area contributed by atoms with Gasteiger partial charge in [-0.2, -0.15) is 0 Å². The van der Waals surface area contributed by atoms with Gasteiger partial charge in [-0.3, -0.25) is 9.80 Å². The van der Waals surface area contributed by atoms with Crippen LogP contribution in [0.15, 0.2) is 0 Å². The van der Waals surface area contributed by atoms with Crippen LogP contribution in [0.5, 0.6) is 0 Å². The third kappa shape index (κ3) is 2.50. The molecule has 3 aliphatic heterocycles. The lowest BCUT2D eigenvalue weighted by Gasteiger charge is -2.43. The van der Waals surface area contributed by atoms with E-state index in [9.17, 15) is 5.11 Å². The van der Waals surface area contributed by atoms with Crippen LogP contribution in [0.25, 0.3) is 0 Å². The molecule has 98 valence electrons. The maximum absolute atomic E-state index is 9.74. The summed E-state index contributed by atoms with van der Waals surface area (Å²) >= 11 is 0. The molecule has 4 nitrogen and oxygen atoms in total. The normalized spacial score (nSPS) is 44.1. The third-order valence-electron chi connectivity index (χ3n) is 4.59. The number of aliphatic hydroxyl groups is 1. The molecule has 4 atom stereocenters. The minimum absolute atomic E-state index is 0.0954. The van der Waals surface area contributed by atoms with Crippen molar-refractivity contribution in [3.63, 3.8) is 0 Å². The molecular formula is C13H24N2O2. The maximum atomic E-state index is 9.74. The van der Waals surface area contributed by atoms with E-state index < -0.39 is 0 Å². The first-order valence-corrected chi connectivity index (χ1v) is 6.96. The molecular weight excluding hydrogens is 216 g/mol. The fraction of sp³-hybridized carbons (Fsp3) is 1.00. The Bertz CT molecular complexity index is 268. The van der Waals surface area contributed by atoms with Crippen LogP contribution in [0.2, 0.25) is 0 Å². The zero-order valence-corrected chi connectivity index (χ0v) is 10.7. The highest BCUT2D eigenvalue weighted by molar-refractivity contribution is 4.94. The Labute approximate surface area is 104 Å². The minimum atomic E-state index is -0.0954. The summed E-state index contributed by atoms with van der Waals surface area (Å²) in [5, 5.41) is 9.74. The molecule has 3 heterocycles. The highest BCUT2D eigenvalue weighted by atomic mass is 16.5. The molecule has 0 bridgehead atoms. The van der Waals surface area contributed by atoms with Crippen molar-refractivity contribution in [1.29, 1.82) is 0 Å². The number of rotatable bonds is 2. The Kier molecular flexibility index (Phi) is 3.39. The Balaban J connectivity index is 1.58. The summed E-state index contributed by atoms with van der Waals surface area (Å²) < 4.78 is 5.46. The fourth-order valence-corrected chi connectivity index (χ4v) is 3.59. The van der Waals surface area contributed by atoms with Crippen molar-refractivity contribution in [2.24, 2.45) is 5.92 Å². The van der Waals surface area contributed by atoms with E-state index in [1.807, 2.05) is 0 Å². The topological polar surface area (TPSA) is 35.9 Å². The van der Waals surface area contributed by atoms with Crippen molar-refractivity contribution < 1.29 is 9.84 Å². The number of aliphatic hydroxyl groups excluding tert-OH is 1. The predicted octanol–water partition coefficient (Wildman–Crippen LogP) is 0.162. The van der Waals surface area contributed by atoms with Crippen LogP contribution in [-0.2, 0) is 4.74 Å². The van der Waals surface area contributed by atoms with Crippen molar-refractivity contribution >= 4 is 0 Å². The van der Waals surface area contributed by atoms with Gasteiger partial charge < -0.3 is 9.84 Å². The molecule has 0 saturated carbocycles. The van der Waals surface area contributed by atoms with E-state index in [2.05, 4.69) is 16.7 Å². The van der Waals surface area contributed by atoms with Gasteiger partial charge in [-0.25, -0.2) is 0 Å². The molecule has 0 aromatic carbocycles. The van der Waals surface area contributed by atoms with Crippen LogP contribution in [-0.4, -0.2) is 72.5 Å². The molecule has 0 aromatic rings. The SMILES string of the molecule is C[C@H]1CN2C[C@H](O)C[C@H]2CN1C[C@H]1CCOC1. The molecule has 3 rings (SSSR count). The number of hydrogen-bond donors (Lipinski definition) is 1. The van der Waals surface area contributed by atoms with E-state index in [1.54, 1.807) is 0 Å². The summed E-state index contributed by atoms with van der Waals surface area (Å²) in [6.45, 7) is 8.53. The van der Waals surface area contributed by atoms with Crippen LogP contribution < -0.4 is 0 Å². The van der Waals surface area contributed by atoms with Crippen LogP contribution in [0, 0.1) is 5.92 Å². The standard InChI is InChI=1S/C13H24N2O2/c1-10-5-15-8-13(16)4-12(15)7-14(10)6-11-2-3-17-9-11/h10-13,16H,2-9H2,1H3/t10-,11+,12-,13+/m0/s1. The predicted molar refractivity (Wildman–Crippen MR) is 65.9 cm³/mol. The summed E-state index contributed by atoms with van der Waals surface area (Å²) in [7, 11) is 0. The highest BCUT2D eigenvalue weighted by Crippen LogP contribution is 2.26. The summed E-state index contributed by atoms with van der Waals surface area (Å²) in [5.74, 6) is 0.732. The fourth-order valence-electron chi connectivity index (χ4n) is 3.59. The van der Waals surface area contributed by atoms with Gasteiger partial charge in [-0.05, 0) is 25.7 Å². The zero-order valence-electron chi connectivity index (χ0n) is 10.7. The first kappa shape index (κ1) is 11.9. The van der Waals surface area contributed by atoms with Crippen LogP contribution in [0.4, 0.5) is 0 Å². The maximum Gasteiger partial charge on any atom is 0.0682 e. The van der Waals surface area contributed by atoms with E-state index in [-0.39, 0.29) is 6.10 Å². The van der Waals surface area contributed by atoms with Gasteiger partial charge in [-0.15, -0.1) is 0 Å². The van der Waals surface area contributed by atoms with Crippen LogP contribution in [0.1, 0.15) is 19.8 Å². The van der Waals surface area contributed by atoms with Crippen molar-refractivity contribution in [2.75, 3.05) is 39.4 Å². The summed E-state index contributed by atoms with van der Waals surface area (Å²) in [4.78, 5) is 5.08. The van der Waals surface area contributed by atoms with Crippen LogP contribution in [0.3, 0.4) is 0 Å². The smallest absolute Gasteiger partial charge is 0.0682 e. The molecule has 0 aliphatic carbocycles. The molecule has 0 spiro atoms. The first-order valence-electron chi connectivity index (χ1n) is 6.96.